The first-order chi connectivity index (χ1) is 14.8. The zero-order chi connectivity index (χ0) is 21.0. The summed E-state index contributed by atoms with van der Waals surface area (Å²) in [6.07, 6.45) is 1.74. The second-order valence-electron chi connectivity index (χ2n) is 6.16. The summed E-state index contributed by atoms with van der Waals surface area (Å²) in [5, 5.41) is 19.2. The molecule has 0 aliphatic carbocycles. The van der Waals surface area contributed by atoms with Crippen molar-refractivity contribution in [1.29, 1.82) is 10.5 Å². The Kier molecular flexibility index (Phi) is 7.99. The number of hydrogen-bond acceptors (Lipinski definition) is 7. The quantitative estimate of drug-likeness (QED) is 0.452. The van der Waals surface area contributed by atoms with E-state index in [1.54, 1.807) is 24.4 Å². The molecule has 0 radical (unpaired) electrons. The molecule has 0 saturated carbocycles. The van der Waals surface area contributed by atoms with Gasteiger partial charge in [0.25, 0.3) is 0 Å². The number of pyridine rings is 1. The summed E-state index contributed by atoms with van der Waals surface area (Å²) in [7, 11) is 0. The van der Waals surface area contributed by atoms with Crippen LogP contribution < -0.4 is 9.47 Å². The van der Waals surface area contributed by atoms with Crippen molar-refractivity contribution < 1.29 is 18.9 Å². The molecule has 0 aliphatic rings. The van der Waals surface area contributed by atoms with Crippen molar-refractivity contribution in [2.75, 3.05) is 39.6 Å². The Hall–Kier alpha value is -3.65. The van der Waals surface area contributed by atoms with Crippen molar-refractivity contribution in [1.82, 2.24) is 4.98 Å². The topological polar surface area (TPSA) is 97.4 Å². The lowest BCUT2D eigenvalue weighted by Crippen LogP contribution is -2.13. The average molecular weight is 403 g/mol. The Bertz CT molecular complexity index is 1050. The van der Waals surface area contributed by atoms with Gasteiger partial charge >= 0.3 is 0 Å². The maximum atomic E-state index is 9.16. The molecule has 0 spiro atoms. The van der Waals surface area contributed by atoms with Gasteiger partial charge in [0.05, 0.1) is 32.0 Å². The van der Waals surface area contributed by atoms with Gasteiger partial charge < -0.3 is 18.9 Å². The second kappa shape index (κ2) is 11.4. The number of hydrogen-bond donors (Lipinski definition) is 0. The van der Waals surface area contributed by atoms with Crippen LogP contribution in [0.3, 0.4) is 0 Å². The SMILES string of the molecule is N#Cc1cccc(OCCOCCOCCOc2cccc3cccnc23)c1C#N. The third-order valence-electron chi connectivity index (χ3n) is 4.20. The van der Waals surface area contributed by atoms with Crippen LogP contribution in [0.5, 0.6) is 11.5 Å². The van der Waals surface area contributed by atoms with E-state index in [0.717, 1.165) is 16.7 Å². The van der Waals surface area contributed by atoms with Crippen LogP contribution in [0.2, 0.25) is 0 Å². The van der Waals surface area contributed by atoms with Crippen LogP contribution in [0.1, 0.15) is 11.1 Å². The lowest BCUT2D eigenvalue weighted by molar-refractivity contribution is 0.0274. The van der Waals surface area contributed by atoms with Gasteiger partial charge in [0, 0.05) is 11.6 Å². The van der Waals surface area contributed by atoms with Crippen LogP contribution in [0.25, 0.3) is 10.9 Å². The maximum absolute atomic E-state index is 9.16. The molecule has 3 rings (SSSR count). The van der Waals surface area contributed by atoms with E-state index < -0.39 is 0 Å². The molecule has 2 aromatic carbocycles. The molecule has 0 amide bonds. The van der Waals surface area contributed by atoms with Crippen LogP contribution in [-0.4, -0.2) is 44.6 Å². The molecule has 7 nitrogen and oxygen atoms in total. The molecule has 1 heterocycles. The molecule has 0 fully saturated rings. The fourth-order valence-corrected chi connectivity index (χ4v) is 2.80. The first kappa shape index (κ1) is 21.1. The number of aromatic nitrogens is 1. The number of fused-ring (bicyclic) bond motifs is 1. The number of nitrogens with zero attached hydrogens (tertiary/aromatic N) is 3. The second-order valence-corrected chi connectivity index (χ2v) is 6.16. The molecule has 7 heteroatoms. The molecule has 3 aromatic rings. The molecule has 30 heavy (non-hydrogen) atoms. The summed E-state index contributed by atoms with van der Waals surface area (Å²) in [6.45, 7) is 2.34. The lowest BCUT2D eigenvalue weighted by atomic mass is 10.1. The van der Waals surface area contributed by atoms with E-state index in [1.807, 2.05) is 42.5 Å². The van der Waals surface area contributed by atoms with Crippen molar-refractivity contribution >= 4 is 10.9 Å². The largest absolute Gasteiger partial charge is 0.490 e. The van der Waals surface area contributed by atoms with Crippen LogP contribution in [0.4, 0.5) is 0 Å². The molecular weight excluding hydrogens is 382 g/mol. The highest BCUT2D eigenvalue weighted by Gasteiger charge is 2.08. The van der Waals surface area contributed by atoms with E-state index in [0.29, 0.717) is 44.3 Å². The summed E-state index contributed by atoms with van der Waals surface area (Å²) < 4.78 is 22.3. The zero-order valence-corrected chi connectivity index (χ0v) is 16.4. The van der Waals surface area contributed by atoms with Gasteiger partial charge in [-0.1, -0.05) is 24.3 Å². The fourth-order valence-electron chi connectivity index (χ4n) is 2.80. The highest BCUT2D eigenvalue weighted by Crippen LogP contribution is 2.23. The standard InChI is InChI=1S/C23H21N3O4/c24-16-19-5-2-7-21(20(19)17-25)29-14-12-27-10-11-28-13-15-30-22-8-1-4-18-6-3-9-26-23(18)22/h1-9H,10-15H2. The highest BCUT2D eigenvalue weighted by molar-refractivity contribution is 5.84. The smallest absolute Gasteiger partial charge is 0.145 e. The molecule has 1 aromatic heterocycles. The van der Waals surface area contributed by atoms with Crippen molar-refractivity contribution in [2.24, 2.45) is 0 Å². The fraction of sp³-hybridized carbons (Fsp3) is 0.261. The highest BCUT2D eigenvalue weighted by atomic mass is 16.6. The van der Waals surface area contributed by atoms with Gasteiger partial charge in [-0.15, -0.1) is 0 Å². The van der Waals surface area contributed by atoms with Gasteiger partial charge in [-0.05, 0) is 24.3 Å². The monoisotopic (exact) mass is 403 g/mol. The Morgan fingerprint density at radius 3 is 2.07 bits per heavy atom. The lowest BCUT2D eigenvalue weighted by Gasteiger charge is -2.10. The predicted octanol–water partition coefficient (Wildman–Crippen LogP) is 3.47. The molecule has 0 N–H and O–H groups in total. The normalized spacial score (nSPS) is 10.3. The van der Waals surface area contributed by atoms with Crippen molar-refractivity contribution in [3.8, 4) is 23.6 Å². The van der Waals surface area contributed by atoms with Crippen molar-refractivity contribution in [2.45, 2.75) is 0 Å². The van der Waals surface area contributed by atoms with Crippen LogP contribution in [-0.2, 0) is 9.47 Å². The minimum Gasteiger partial charge on any atom is -0.490 e. The third-order valence-corrected chi connectivity index (χ3v) is 4.20. The number of benzene rings is 2. The number of nitriles is 2. The van der Waals surface area contributed by atoms with E-state index in [2.05, 4.69) is 4.98 Å². The number of rotatable bonds is 11. The van der Waals surface area contributed by atoms with Gasteiger partial charge in [-0.25, -0.2) is 0 Å². The Balaban J connectivity index is 1.27. The summed E-state index contributed by atoms with van der Waals surface area (Å²) in [5.41, 5.74) is 1.37. The molecule has 0 bridgehead atoms. The van der Waals surface area contributed by atoms with E-state index in [4.69, 9.17) is 29.5 Å². The summed E-state index contributed by atoms with van der Waals surface area (Å²) in [6, 6.07) is 18.6. The number of ether oxygens (including phenoxy) is 4. The predicted molar refractivity (Wildman–Crippen MR) is 110 cm³/mol. The average Bonchev–Trinajstić information content (AvgIpc) is 2.80. The van der Waals surface area contributed by atoms with Gasteiger partial charge in [0.2, 0.25) is 0 Å². The van der Waals surface area contributed by atoms with Gasteiger partial charge in [-0.2, -0.15) is 10.5 Å². The Morgan fingerprint density at radius 2 is 1.33 bits per heavy atom. The molecule has 0 atom stereocenters. The molecule has 152 valence electrons. The van der Waals surface area contributed by atoms with Crippen molar-refractivity contribution in [3.05, 3.63) is 65.9 Å². The van der Waals surface area contributed by atoms with Crippen LogP contribution in [0.15, 0.2) is 54.7 Å². The van der Waals surface area contributed by atoms with Crippen LogP contribution in [0, 0.1) is 22.7 Å². The Morgan fingerprint density at radius 1 is 0.700 bits per heavy atom. The Labute approximate surface area is 175 Å². The van der Waals surface area contributed by atoms with Gasteiger partial charge in [0.15, 0.2) is 0 Å². The van der Waals surface area contributed by atoms with Crippen LogP contribution >= 0.6 is 0 Å². The summed E-state index contributed by atoms with van der Waals surface area (Å²) in [4.78, 5) is 4.35. The first-order valence-electron chi connectivity index (χ1n) is 9.51. The van der Waals surface area contributed by atoms with E-state index in [-0.39, 0.29) is 12.2 Å². The van der Waals surface area contributed by atoms with E-state index in [9.17, 15) is 0 Å². The van der Waals surface area contributed by atoms with Gasteiger partial charge in [0.1, 0.15) is 47.9 Å². The first-order valence-corrected chi connectivity index (χ1v) is 9.51. The van der Waals surface area contributed by atoms with Gasteiger partial charge in [-0.3, -0.25) is 4.98 Å². The van der Waals surface area contributed by atoms with Crippen molar-refractivity contribution in [3.63, 3.8) is 0 Å². The molecular formula is C23H21N3O4. The van der Waals surface area contributed by atoms with E-state index >= 15 is 0 Å². The maximum Gasteiger partial charge on any atom is 0.145 e. The minimum atomic E-state index is 0.240. The zero-order valence-electron chi connectivity index (χ0n) is 16.4. The molecule has 0 unspecified atom stereocenters. The van der Waals surface area contributed by atoms with E-state index in [1.165, 1.54) is 0 Å². The molecule has 0 saturated heterocycles. The minimum absolute atomic E-state index is 0.240. The third kappa shape index (κ3) is 5.68. The molecule has 0 aliphatic heterocycles. The summed E-state index contributed by atoms with van der Waals surface area (Å²) >= 11 is 0. The summed E-state index contributed by atoms with van der Waals surface area (Å²) in [5.74, 6) is 1.12. The number of para-hydroxylation sites is 1.